The molecule has 0 radical (unpaired) electrons. The van der Waals surface area contributed by atoms with Gasteiger partial charge in [0.05, 0.1) is 12.7 Å². The number of rotatable bonds is 10. The number of para-hydroxylation sites is 1. The lowest BCUT2D eigenvalue weighted by Gasteiger charge is -2.41. The largest absolute Gasteiger partial charge is 0.496 e. The zero-order chi connectivity index (χ0) is 26.3. The van der Waals surface area contributed by atoms with E-state index in [1.165, 1.54) is 4.31 Å². The van der Waals surface area contributed by atoms with Gasteiger partial charge < -0.3 is 10.1 Å². The third-order valence-electron chi connectivity index (χ3n) is 7.24. The summed E-state index contributed by atoms with van der Waals surface area (Å²) in [6.07, 6.45) is 2.85. The molecular formula is C29H35N3O4S. The van der Waals surface area contributed by atoms with Crippen LogP contribution in [0.3, 0.4) is 0 Å². The molecular weight excluding hydrogens is 486 g/mol. The number of hydrogen-bond donors (Lipinski definition) is 2. The number of benzene rings is 3. The first-order valence-corrected chi connectivity index (χ1v) is 14.0. The van der Waals surface area contributed by atoms with Crippen LogP contribution in [-0.4, -0.2) is 45.4 Å². The van der Waals surface area contributed by atoms with Gasteiger partial charge in [-0.3, -0.25) is 4.79 Å². The molecule has 0 saturated heterocycles. The summed E-state index contributed by atoms with van der Waals surface area (Å²) in [6, 6.07) is 26.7. The molecule has 0 bridgehead atoms. The van der Waals surface area contributed by atoms with E-state index < -0.39 is 10.2 Å². The summed E-state index contributed by atoms with van der Waals surface area (Å²) in [5, 5.41) is 3.13. The molecule has 2 N–H and O–H groups in total. The first-order valence-electron chi connectivity index (χ1n) is 12.6. The highest BCUT2D eigenvalue weighted by molar-refractivity contribution is 7.87. The van der Waals surface area contributed by atoms with Crippen LogP contribution in [0.5, 0.6) is 5.75 Å². The van der Waals surface area contributed by atoms with Gasteiger partial charge in [0.15, 0.2) is 0 Å². The highest BCUT2D eigenvalue weighted by atomic mass is 32.2. The molecule has 37 heavy (non-hydrogen) atoms. The molecule has 4 rings (SSSR count). The van der Waals surface area contributed by atoms with E-state index in [4.69, 9.17) is 4.74 Å². The van der Waals surface area contributed by atoms with Crippen LogP contribution in [0.15, 0.2) is 84.9 Å². The molecule has 196 valence electrons. The second kappa shape index (κ2) is 11.9. The van der Waals surface area contributed by atoms with Crippen LogP contribution < -0.4 is 14.8 Å². The Labute approximate surface area is 220 Å². The number of amides is 1. The summed E-state index contributed by atoms with van der Waals surface area (Å²) in [5.74, 6) is 0.351. The van der Waals surface area contributed by atoms with Crippen LogP contribution in [0.2, 0.25) is 0 Å². The maximum absolute atomic E-state index is 13.0. The molecule has 0 aliphatic heterocycles. The molecule has 0 spiro atoms. The monoisotopic (exact) mass is 521 g/mol. The van der Waals surface area contributed by atoms with E-state index in [0.29, 0.717) is 37.2 Å². The second-order valence-corrected chi connectivity index (χ2v) is 11.5. The zero-order valence-electron chi connectivity index (χ0n) is 21.4. The van der Waals surface area contributed by atoms with Gasteiger partial charge in [-0.2, -0.15) is 17.4 Å². The van der Waals surface area contributed by atoms with Crippen molar-refractivity contribution in [2.45, 2.75) is 43.7 Å². The summed E-state index contributed by atoms with van der Waals surface area (Å²) >= 11 is 0. The van der Waals surface area contributed by atoms with Gasteiger partial charge in [0.25, 0.3) is 16.1 Å². The first-order chi connectivity index (χ1) is 17.8. The van der Waals surface area contributed by atoms with Gasteiger partial charge >= 0.3 is 0 Å². The van der Waals surface area contributed by atoms with Gasteiger partial charge in [0.1, 0.15) is 5.75 Å². The average molecular weight is 522 g/mol. The highest BCUT2D eigenvalue weighted by Crippen LogP contribution is 2.39. The summed E-state index contributed by atoms with van der Waals surface area (Å²) in [6.45, 7) is 0.771. The Kier molecular flexibility index (Phi) is 8.63. The quantitative estimate of drug-likeness (QED) is 0.417. The molecule has 0 atom stereocenters. The maximum Gasteiger partial charge on any atom is 0.279 e. The minimum absolute atomic E-state index is 0.162. The Morgan fingerprint density at radius 1 is 0.946 bits per heavy atom. The zero-order valence-corrected chi connectivity index (χ0v) is 22.2. The molecule has 1 aliphatic rings. The smallest absolute Gasteiger partial charge is 0.279 e. The Bertz CT molecular complexity index is 1270. The second-order valence-electron chi connectivity index (χ2n) is 9.67. The average Bonchev–Trinajstić information content (AvgIpc) is 2.93. The lowest BCUT2D eigenvalue weighted by Crippen LogP contribution is -2.49. The van der Waals surface area contributed by atoms with Crippen molar-refractivity contribution in [3.8, 4) is 5.75 Å². The standard InChI is InChI=1S/C29H35N3O4S/c1-32(21-23-11-5-3-6-12-23)37(34,35)31-25-17-19-29(20-18-25,24-13-7-4-8-14-24)22-30-28(33)26-15-9-10-16-27(26)36-2/h3-16,25,31H,17-22H2,1-2H3,(H,30,33). The Morgan fingerprint density at radius 3 is 2.19 bits per heavy atom. The third kappa shape index (κ3) is 6.57. The molecule has 1 amide bonds. The summed E-state index contributed by atoms with van der Waals surface area (Å²) in [4.78, 5) is 13.0. The van der Waals surface area contributed by atoms with Crippen LogP contribution in [0, 0.1) is 0 Å². The molecule has 1 aliphatic carbocycles. The number of ether oxygens (including phenoxy) is 1. The first kappa shape index (κ1) is 26.9. The van der Waals surface area contributed by atoms with Crippen molar-refractivity contribution in [3.05, 3.63) is 102 Å². The van der Waals surface area contributed by atoms with E-state index in [-0.39, 0.29) is 17.4 Å². The Morgan fingerprint density at radius 2 is 1.54 bits per heavy atom. The summed E-state index contributed by atoms with van der Waals surface area (Å²) in [7, 11) is -0.480. The Balaban J connectivity index is 1.43. The van der Waals surface area contributed by atoms with E-state index in [1.807, 2.05) is 60.7 Å². The van der Waals surface area contributed by atoms with E-state index in [2.05, 4.69) is 22.2 Å². The van der Waals surface area contributed by atoms with Crippen molar-refractivity contribution in [2.75, 3.05) is 20.7 Å². The maximum atomic E-state index is 13.0. The number of carbonyl (C=O) groups is 1. The van der Waals surface area contributed by atoms with Crippen LogP contribution >= 0.6 is 0 Å². The van der Waals surface area contributed by atoms with Crippen molar-refractivity contribution < 1.29 is 17.9 Å². The van der Waals surface area contributed by atoms with Gasteiger partial charge in [-0.05, 0) is 48.9 Å². The van der Waals surface area contributed by atoms with Crippen molar-refractivity contribution in [1.29, 1.82) is 0 Å². The minimum Gasteiger partial charge on any atom is -0.496 e. The fourth-order valence-electron chi connectivity index (χ4n) is 5.05. The summed E-state index contributed by atoms with van der Waals surface area (Å²) < 4.78 is 35.6. The number of nitrogens with zero attached hydrogens (tertiary/aromatic N) is 1. The molecule has 3 aromatic rings. The molecule has 0 heterocycles. The third-order valence-corrected chi connectivity index (χ3v) is 8.82. The van der Waals surface area contributed by atoms with E-state index in [1.54, 1.807) is 26.3 Å². The number of carbonyl (C=O) groups excluding carboxylic acids is 1. The molecule has 0 aromatic heterocycles. The molecule has 3 aromatic carbocycles. The minimum atomic E-state index is -3.63. The SMILES string of the molecule is COc1ccccc1C(=O)NCC1(c2ccccc2)CCC(NS(=O)(=O)N(C)Cc2ccccc2)CC1. The van der Waals surface area contributed by atoms with Gasteiger partial charge in [-0.15, -0.1) is 0 Å². The van der Waals surface area contributed by atoms with Crippen molar-refractivity contribution in [3.63, 3.8) is 0 Å². The van der Waals surface area contributed by atoms with E-state index in [9.17, 15) is 13.2 Å². The van der Waals surface area contributed by atoms with Crippen molar-refractivity contribution in [2.24, 2.45) is 0 Å². The van der Waals surface area contributed by atoms with Crippen LogP contribution in [0.25, 0.3) is 0 Å². The van der Waals surface area contributed by atoms with Crippen LogP contribution in [0.1, 0.15) is 47.2 Å². The highest BCUT2D eigenvalue weighted by Gasteiger charge is 2.38. The normalized spacial score (nSPS) is 19.9. The fourth-order valence-corrected chi connectivity index (χ4v) is 6.21. The molecule has 1 saturated carbocycles. The number of nitrogens with one attached hydrogen (secondary N) is 2. The number of methoxy groups -OCH3 is 1. The lowest BCUT2D eigenvalue weighted by molar-refractivity contribution is 0.0932. The molecule has 1 fully saturated rings. The van der Waals surface area contributed by atoms with Crippen LogP contribution in [0.4, 0.5) is 0 Å². The van der Waals surface area contributed by atoms with Crippen molar-refractivity contribution in [1.82, 2.24) is 14.3 Å². The van der Waals surface area contributed by atoms with E-state index in [0.717, 1.165) is 24.0 Å². The van der Waals surface area contributed by atoms with Crippen molar-refractivity contribution >= 4 is 16.1 Å². The number of hydrogen-bond acceptors (Lipinski definition) is 4. The predicted molar refractivity (Wildman–Crippen MR) is 146 cm³/mol. The lowest BCUT2D eigenvalue weighted by atomic mass is 9.68. The Hall–Kier alpha value is -3.20. The molecule has 7 nitrogen and oxygen atoms in total. The van der Waals surface area contributed by atoms with E-state index >= 15 is 0 Å². The summed E-state index contributed by atoms with van der Waals surface area (Å²) in [5.41, 5.74) is 2.30. The van der Waals surface area contributed by atoms with Gasteiger partial charge in [0.2, 0.25) is 0 Å². The fraction of sp³-hybridized carbons (Fsp3) is 0.345. The molecule has 8 heteroatoms. The van der Waals surface area contributed by atoms with Gasteiger partial charge in [-0.25, -0.2) is 0 Å². The van der Waals surface area contributed by atoms with Gasteiger partial charge in [-0.1, -0.05) is 72.8 Å². The predicted octanol–water partition coefficient (Wildman–Crippen LogP) is 4.27. The molecule has 0 unspecified atom stereocenters. The topological polar surface area (TPSA) is 87.7 Å². The van der Waals surface area contributed by atoms with Gasteiger partial charge in [0, 0.05) is 31.6 Å². The van der Waals surface area contributed by atoms with Crippen LogP contribution in [-0.2, 0) is 22.2 Å².